The van der Waals surface area contributed by atoms with E-state index in [2.05, 4.69) is 9.97 Å². The molecule has 0 spiro atoms. The van der Waals surface area contributed by atoms with Gasteiger partial charge < -0.3 is 14.6 Å². The highest BCUT2D eigenvalue weighted by molar-refractivity contribution is 5.87. The van der Waals surface area contributed by atoms with E-state index in [1.165, 1.54) is 0 Å². The Morgan fingerprint density at radius 1 is 1.10 bits per heavy atom. The SMILES string of the molecule is C[C@H](OC(=O)[C@H]1CC(=O)N([C@@H](C)c2ccccc2)C1)c1nc2ccccc2c(=O)[nH]1. The molecule has 7 heteroatoms. The Hall–Kier alpha value is -3.48. The van der Waals surface area contributed by atoms with E-state index >= 15 is 0 Å². The van der Waals surface area contributed by atoms with Gasteiger partial charge in [-0.15, -0.1) is 0 Å². The zero-order valence-corrected chi connectivity index (χ0v) is 16.9. The fraction of sp³-hybridized carbons (Fsp3) is 0.304. The summed E-state index contributed by atoms with van der Waals surface area (Å²) in [5.41, 5.74) is 1.28. The summed E-state index contributed by atoms with van der Waals surface area (Å²) in [6.45, 7) is 3.92. The number of nitrogens with zero attached hydrogens (tertiary/aromatic N) is 2. The number of carbonyl (C=O) groups excluding carboxylic acids is 2. The lowest BCUT2D eigenvalue weighted by Crippen LogP contribution is -2.30. The van der Waals surface area contributed by atoms with Gasteiger partial charge in [-0.2, -0.15) is 0 Å². The molecule has 1 amide bonds. The quantitative estimate of drug-likeness (QED) is 0.659. The van der Waals surface area contributed by atoms with Gasteiger partial charge >= 0.3 is 5.97 Å². The minimum Gasteiger partial charge on any atom is -0.454 e. The Balaban J connectivity index is 1.45. The lowest BCUT2D eigenvalue weighted by Gasteiger charge is -2.25. The first-order valence-corrected chi connectivity index (χ1v) is 9.98. The number of aromatic nitrogens is 2. The minimum atomic E-state index is -0.731. The third kappa shape index (κ3) is 3.83. The molecular weight excluding hydrogens is 382 g/mol. The van der Waals surface area contributed by atoms with Gasteiger partial charge in [-0.1, -0.05) is 42.5 Å². The molecule has 0 aliphatic carbocycles. The van der Waals surface area contributed by atoms with Gasteiger partial charge in [0.2, 0.25) is 5.91 Å². The zero-order valence-electron chi connectivity index (χ0n) is 16.9. The standard InChI is InChI=1S/C23H23N3O4/c1-14(16-8-4-3-5-9-16)26-13-17(12-20(26)27)23(29)30-15(2)21-24-19-11-7-6-10-18(19)22(28)25-21/h3-11,14-15,17H,12-13H2,1-2H3,(H,24,25,28)/t14-,15-,17-/m0/s1. The van der Waals surface area contributed by atoms with Crippen molar-refractivity contribution in [2.75, 3.05) is 6.54 Å². The van der Waals surface area contributed by atoms with Crippen LogP contribution in [-0.2, 0) is 14.3 Å². The van der Waals surface area contributed by atoms with Gasteiger partial charge in [0.1, 0.15) is 0 Å². The number of nitrogens with one attached hydrogen (secondary N) is 1. The van der Waals surface area contributed by atoms with Crippen molar-refractivity contribution >= 4 is 22.8 Å². The Labute approximate surface area is 173 Å². The molecule has 0 unspecified atom stereocenters. The highest BCUT2D eigenvalue weighted by Gasteiger charge is 2.38. The maximum atomic E-state index is 12.7. The molecule has 2 heterocycles. The van der Waals surface area contributed by atoms with Crippen LogP contribution < -0.4 is 5.56 Å². The van der Waals surface area contributed by atoms with Crippen LogP contribution in [0.25, 0.3) is 10.9 Å². The molecule has 0 radical (unpaired) electrons. The first-order chi connectivity index (χ1) is 14.4. The smallest absolute Gasteiger partial charge is 0.311 e. The molecular formula is C23H23N3O4. The summed E-state index contributed by atoms with van der Waals surface area (Å²) in [5.74, 6) is -0.795. The number of H-pyrrole nitrogens is 1. The molecule has 1 N–H and O–H groups in total. The van der Waals surface area contributed by atoms with E-state index in [4.69, 9.17) is 4.74 Å². The summed E-state index contributed by atoms with van der Waals surface area (Å²) >= 11 is 0. The Morgan fingerprint density at radius 3 is 2.57 bits per heavy atom. The van der Waals surface area contributed by atoms with E-state index in [1.54, 1.807) is 36.1 Å². The molecule has 0 bridgehead atoms. The summed E-state index contributed by atoms with van der Waals surface area (Å²) in [5, 5.41) is 0.478. The van der Waals surface area contributed by atoms with Crippen molar-refractivity contribution in [3.63, 3.8) is 0 Å². The van der Waals surface area contributed by atoms with Crippen LogP contribution in [0.1, 0.15) is 43.8 Å². The summed E-state index contributed by atoms with van der Waals surface area (Å²) < 4.78 is 5.56. The topological polar surface area (TPSA) is 92.4 Å². The third-order valence-corrected chi connectivity index (χ3v) is 5.55. The first kappa shape index (κ1) is 19.8. The largest absolute Gasteiger partial charge is 0.454 e. The van der Waals surface area contributed by atoms with Crippen molar-refractivity contribution in [1.82, 2.24) is 14.9 Å². The number of hydrogen-bond acceptors (Lipinski definition) is 5. The zero-order chi connectivity index (χ0) is 21.3. The highest BCUT2D eigenvalue weighted by Crippen LogP contribution is 2.30. The highest BCUT2D eigenvalue weighted by atomic mass is 16.5. The number of likely N-dealkylation sites (tertiary alicyclic amines) is 1. The number of benzene rings is 2. The van der Waals surface area contributed by atoms with E-state index < -0.39 is 18.0 Å². The van der Waals surface area contributed by atoms with Crippen LogP contribution in [0, 0.1) is 5.92 Å². The number of ether oxygens (including phenoxy) is 1. The number of aromatic amines is 1. The molecule has 3 atom stereocenters. The van der Waals surface area contributed by atoms with Crippen LogP contribution >= 0.6 is 0 Å². The molecule has 1 aliphatic heterocycles. The average Bonchev–Trinajstić information content (AvgIpc) is 3.15. The molecule has 30 heavy (non-hydrogen) atoms. The van der Waals surface area contributed by atoms with E-state index in [0.717, 1.165) is 5.56 Å². The monoisotopic (exact) mass is 405 g/mol. The van der Waals surface area contributed by atoms with Crippen LogP contribution in [0.2, 0.25) is 0 Å². The van der Waals surface area contributed by atoms with Gasteiger partial charge in [0.25, 0.3) is 5.56 Å². The molecule has 1 aliphatic rings. The molecule has 1 aromatic heterocycles. The van der Waals surface area contributed by atoms with Crippen molar-refractivity contribution in [1.29, 1.82) is 0 Å². The van der Waals surface area contributed by atoms with Crippen molar-refractivity contribution in [3.05, 3.63) is 76.3 Å². The summed E-state index contributed by atoms with van der Waals surface area (Å²) in [6, 6.07) is 16.6. The van der Waals surface area contributed by atoms with Crippen molar-refractivity contribution < 1.29 is 14.3 Å². The number of esters is 1. The molecule has 154 valence electrons. The Kier molecular flexibility index (Phi) is 5.35. The Morgan fingerprint density at radius 2 is 1.80 bits per heavy atom. The van der Waals surface area contributed by atoms with E-state index in [-0.39, 0.29) is 29.8 Å². The average molecular weight is 405 g/mol. The first-order valence-electron chi connectivity index (χ1n) is 9.98. The summed E-state index contributed by atoms with van der Waals surface area (Å²) in [6.07, 6.45) is -0.616. The van der Waals surface area contributed by atoms with Crippen LogP contribution in [0.4, 0.5) is 0 Å². The van der Waals surface area contributed by atoms with Crippen molar-refractivity contribution in [2.24, 2.45) is 5.92 Å². The third-order valence-electron chi connectivity index (χ3n) is 5.55. The summed E-state index contributed by atoms with van der Waals surface area (Å²) in [4.78, 5) is 46.3. The number of carbonyl (C=O) groups is 2. The van der Waals surface area contributed by atoms with E-state index in [1.807, 2.05) is 37.3 Å². The number of amides is 1. The van der Waals surface area contributed by atoms with E-state index in [0.29, 0.717) is 17.4 Å². The number of rotatable bonds is 5. The van der Waals surface area contributed by atoms with Crippen LogP contribution in [-0.4, -0.2) is 33.3 Å². The van der Waals surface area contributed by atoms with Crippen LogP contribution in [0.3, 0.4) is 0 Å². The minimum absolute atomic E-state index is 0.0711. The second-order valence-electron chi connectivity index (χ2n) is 7.58. The molecule has 7 nitrogen and oxygen atoms in total. The fourth-order valence-corrected chi connectivity index (χ4v) is 3.80. The molecule has 2 aromatic carbocycles. The molecule has 0 saturated carbocycles. The van der Waals surface area contributed by atoms with Gasteiger partial charge in [-0.25, -0.2) is 4.98 Å². The van der Waals surface area contributed by atoms with Gasteiger partial charge in [0.05, 0.1) is 22.9 Å². The van der Waals surface area contributed by atoms with Gasteiger partial charge in [0.15, 0.2) is 11.9 Å². The van der Waals surface area contributed by atoms with Gasteiger partial charge in [-0.05, 0) is 31.5 Å². The van der Waals surface area contributed by atoms with Gasteiger partial charge in [-0.3, -0.25) is 14.4 Å². The van der Waals surface area contributed by atoms with Crippen LogP contribution in [0.15, 0.2) is 59.4 Å². The lowest BCUT2D eigenvalue weighted by atomic mass is 10.1. The van der Waals surface area contributed by atoms with E-state index in [9.17, 15) is 14.4 Å². The van der Waals surface area contributed by atoms with Crippen molar-refractivity contribution in [3.8, 4) is 0 Å². The van der Waals surface area contributed by atoms with Crippen molar-refractivity contribution in [2.45, 2.75) is 32.4 Å². The number of hydrogen-bond donors (Lipinski definition) is 1. The maximum absolute atomic E-state index is 12.7. The molecule has 1 fully saturated rings. The number of fused-ring (bicyclic) bond motifs is 1. The fourth-order valence-electron chi connectivity index (χ4n) is 3.80. The van der Waals surface area contributed by atoms with Crippen LogP contribution in [0.5, 0.6) is 0 Å². The molecule has 4 rings (SSSR count). The normalized spacial score (nSPS) is 18.4. The lowest BCUT2D eigenvalue weighted by molar-refractivity contribution is -0.153. The predicted molar refractivity (Wildman–Crippen MR) is 112 cm³/mol. The number of para-hydroxylation sites is 1. The second-order valence-corrected chi connectivity index (χ2v) is 7.58. The predicted octanol–water partition coefficient (Wildman–Crippen LogP) is 3.14. The molecule has 3 aromatic rings. The summed E-state index contributed by atoms with van der Waals surface area (Å²) in [7, 11) is 0. The Bertz CT molecular complexity index is 1140. The maximum Gasteiger partial charge on any atom is 0.311 e. The second kappa shape index (κ2) is 8.10. The van der Waals surface area contributed by atoms with Gasteiger partial charge in [0, 0.05) is 13.0 Å². The molecule has 1 saturated heterocycles.